The molecule has 6 rings (SSSR count). The molecule has 2 unspecified atom stereocenters. The SMILES string of the molecule is CCCC=C1OC(=O)C2=C1CC[C@H]1C3C=C4C(=O)OC(=CCCC)[C@@]4(CC3)C21. The molecule has 6 aliphatic rings. The van der Waals surface area contributed by atoms with E-state index < -0.39 is 5.41 Å². The summed E-state index contributed by atoms with van der Waals surface area (Å²) in [4.78, 5) is 25.8. The number of carbonyl (C=O) groups is 2. The summed E-state index contributed by atoms with van der Waals surface area (Å²) in [6.45, 7) is 4.26. The highest BCUT2D eigenvalue weighted by molar-refractivity contribution is 5.99. The van der Waals surface area contributed by atoms with Crippen LogP contribution in [0, 0.1) is 23.2 Å². The maximum Gasteiger partial charge on any atom is 0.340 e. The van der Waals surface area contributed by atoms with Crippen LogP contribution in [0.2, 0.25) is 0 Å². The van der Waals surface area contributed by atoms with E-state index in [1.807, 2.05) is 0 Å². The second-order valence-electron chi connectivity index (χ2n) is 8.82. The van der Waals surface area contributed by atoms with Crippen LogP contribution < -0.4 is 0 Å². The molecule has 0 N–H and O–H groups in total. The van der Waals surface area contributed by atoms with Gasteiger partial charge < -0.3 is 9.47 Å². The van der Waals surface area contributed by atoms with Gasteiger partial charge in [-0.05, 0) is 62.5 Å². The van der Waals surface area contributed by atoms with E-state index >= 15 is 0 Å². The van der Waals surface area contributed by atoms with Gasteiger partial charge in [0.05, 0.1) is 5.41 Å². The largest absolute Gasteiger partial charge is 0.427 e. The van der Waals surface area contributed by atoms with E-state index in [2.05, 4.69) is 32.1 Å². The van der Waals surface area contributed by atoms with Gasteiger partial charge in [-0.2, -0.15) is 0 Å². The van der Waals surface area contributed by atoms with Crippen molar-refractivity contribution in [2.45, 2.75) is 65.2 Å². The number of fused-ring (bicyclic) bond motifs is 1. The van der Waals surface area contributed by atoms with E-state index in [0.717, 1.165) is 79.6 Å². The summed E-state index contributed by atoms with van der Waals surface area (Å²) in [5.41, 5.74) is 2.29. The highest BCUT2D eigenvalue weighted by Crippen LogP contribution is 2.68. The lowest BCUT2D eigenvalue weighted by Crippen LogP contribution is -2.50. The first-order valence-electron chi connectivity index (χ1n) is 10.9. The molecule has 1 saturated carbocycles. The first-order valence-corrected chi connectivity index (χ1v) is 10.9. The molecule has 2 bridgehead atoms. The molecule has 0 aromatic heterocycles. The second kappa shape index (κ2) is 6.47. The Hall–Kier alpha value is -2.10. The number of hydrogen-bond donors (Lipinski definition) is 0. The van der Waals surface area contributed by atoms with Crippen LogP contribution in [0.3, 0.4) is 0 Å². The van der Waals surface area contributed by atoms with E-state index in [1.54, 1.807) is 0 Å². The van der Waals surface area contributed by atoms with Gasteiger partial charge in [0.2, 0.25) is 0 Å². The number of cyclic esters (lactones) is 2. The summed E-state index contributed by atoms with van der Waals surface area (Å²) in [6, 6.07) is 0. The zero-order valence-corrected chi connectivity index (χ0v) is 16.8. The van der Waals surface area contributed by atoms with Gasteiger partial charge in [0.1, 0.15) is 11.5 Å². The molecule has 0 aromatic carbocycles. The van der Waals surface area contributed by atoms with Crippen molar-refractivity contribution in [3.63, 3.8) is 0 Å². The molecular weight excluding hydrogens is 352 g/mol. The minimum atomic E-state index is -0.452. The van der Waals surface area contributed by atoms with Crippen molar-refractivity contribution in [3.8, 4) is 0 Å². The Morgan fingerprint density at radius 2 is 1.86 bits per heavy atom. The van der Waals surface area contributed by atoms with Crippen LogP contribution in [-0.2, 0) is 19.1 Å². The first kappa shape index (κ1) is 18.0. The van der Waals surface area contributed by atoms with Gasteiger partial charge in [-0.25, -0.2) is 9.59 Å². The second-order valence-corrected chi connectivity index (χ2v) is 8.82. The fraction of sp³-hybridized carbons (Fsp3) is 0.583. The zero-order chi connectivity index (χ0) is 19.5. The van der Waals surface area contributed by atoms with Crippen LogP contribution in [0.25, 0.3) is 0 Å². The molecule has 1 saturated heterocycles. The molecule has 148 valence electrons. The van der Waals surface area contributed by atoms with Gasteiger partial charge in [-0.1, -0.05) is 32.8 Å². The Kier molecular flexibility index (Phi) is 4.15. The molecule has 1 spiro atoms. The van der Waals surface area contributed by atoms with Gasteiger partial charge in [0.25, 0.3) is 0 Å². The Morgan fingerprint density at radius 1 is 1.07 bits per heavy atom. The number of ether oxygens (including phenoxy) is 2. The maximum atomic E-state index is 13.0. The van der Waals surface area contributed by atoms with Crippen molar-refractivity contribution < 1.29 is 19.1 Å². The van der Waals surface area contributed by atoms with Crippen LogP contribution in [-0.4, -0.2) is 11.9 Å². The highest BCUT2D eigenvalue weighted by Gasteiger charge is 2.66. The minimum absolute atomic E-state index is 0.0181. The molecule has 2 aliphatic heterocycles. The normalized spacial score (nSPS) is 38.4. The lowest BCUT2D eigenvalue weighted by Gasteiger charge is -2.54. The molecule has 4 heteroatoms. The minimum Gasteiger partial charge on any atom is -0.427 e. The van der Waals surface area contributed by atoms with Crippen molar-refractivity contribution in [1.29, 1.82) is 0 Å². The number of carbonyl (C=O) groups excluding carboxylic acids is 2. The molecule has 0 radical (unpaired) electrons. The van der Waals surface area contributed by atoms with Gasteiger partial charge >= 0.3 is 11.9 Å². The van der Waals surface area contributed by atoms with Crippen LogP contribution in [0.5, 0.6) is 0 Å². The van der Waals surface area contributed by atoms with E-state index in [1.165, 1.54) is 0 Å². The summed E-state index contributed by atoms with van der Waals surface area (Å²) in [7, 11) is 0. The number of esters is 2. The van der Waals surface area contributed by atoms with E-state index in [4.69, 9.17) is 9.47 Å². The van der Waals surface area contributed by atoms with Crippen LogP contribution in [0.15, 0.2) is 46.5 Å². The third-order valence-corrected chi connectivity index (χ3v) is 7.43. The van der Waals surface area contributed by atoms with Crippen molar-refractivity contribution in [1.82, 2.24) is 0 Å². The van der Waals surface area contributed by atoms with Crippen LogP contribution >= 0.6 is 0 Å². The lowest BCUT2D eigenvalue weighted by molar-refractivity contribution is -0.135. The summed E-state index contributed by atoms with van der Waals surface area (Å²) < 4.78 is 11.6. The van der Waals surface area contributed by atoms with Crippen molar-refractivity contribution in [2.24, 2.45) is 23.2 Å². The Bertz CT molecular complexity index is 871. The average Bonchev–Trinajstić information content (AvgIpc) is 3.19. The third kappa shape index (κ3) is 2.23. The van der Waals surface area contributed by atoms with Crippen molar-refractivity contribution in [2.75, 3.05) is 0 Å². The monoisotopic (exact) mass is 380 g/mol. The topological polar surface area (TPSA) is 52.6 Å². The quantitative estimate of drug-likeness (QED) is 0.635. The number of rotatable bonds is 4. The smallest absolute Gasteiger partial charge is 0.340 e. The predicted octanol–water partition coefficient (Wildman–Crippen LogP) is 5.13. The fourth-order valence-electron chi connectivity index (χ4n) is 6.29. The molecule has 4 nitrogen and oxygen atoms in total. The summed E-state index contributed by atoms with van der Waals surface area (Å²) in [6.07, 6.45) is 14.1. The van der Waals surface area contributed by atoms with Gasteiger partial charge in [-0.3, -0.25) is 0 Å². The predicted molar refractivity (Wildman–Crippen MR) is 105 cm³/mol. The standard InChI is InChI=1S/C24H28O4/c1-3-5-7-18-16-10-9-15-14-11-12-24(21(15)20(16)23(26)27-18)17(13-14)22(25)28-19(24)8-6-4-2/h7-8,13-15,21H,3-6,9-12H2,1-2H3/t14?,15-,21?,24-/m0/s1. The average molecular weight is 380 g/mol. The van der Waals surface area contributed by atoms with Gasteiger partial charge in [0.15, 0.2) is 0 Å². The van der Waals surface area contributed by atoms with Crippen LogP contribution in [0.4, 0.5) is 0 Å². The highest BCUT2D eigenvalue weighted by atomic mass is 16.5. The molecule has 2 fully saturated rings. The van der Waals surface area contributed by atoms with Crippen molar-refractivity contribution in [3.05, 3.63) is 46.5 Å². The summed E-state index contributed by atoms with van der Waals surface area (Å²) in [5.74, 6) is 1.96. The Balaban J connectivity index is 1.68. The van der Waals surface area contributed by atoms with Gasteiger partial charge in [0, 0.05) is 22.6 Å². The van der Waals surface area contributed by atoms with E-state index in [0.29, 0.717) is 11.8 Å². The van der Waals surface area contributed by atoms with E-state index in [9.17, 15) is 9.59 Å². The molecular formula is C24H28O4. The summed E-state index contributed by atoms with van der Waals surface area (Å²) >= 11 is 0. The first-order chi connectivity index (χ1) is 13.6. The zero-order valence-electron chi connectivity index (χ0n) is 16.8. The molecule has 4 atom stereocenters. The molecule has 0 amide bonds. The number of hydrogen-bond acceptors (Lipinski definition) is 4. The summed E-state index contributed by atoms with van der Waals surface area (Å²) in [5, 5.41) is 0. The van der Waals surface area contributed by atoms with Crippen LogP contribution in [0.1, 0.15) is 65.2 Å². The van der Waals surface area contributed by atoms with Crippen molar-refractivity contribution >= 4 is 11.9 Å². The third-order valence-electron chi connectivity index (χ3n) is 7.43. The molecule has 2 heterocycles. The number of unbranched alkanes of at least 4 members (excludes halogenated alkanes) is 2. The Labute approximate surface area is 166 Å². The maximum absolute atomic E-state index is 13.0. The fourth-order valence-corrected chi connectivity index (χ4v) is 6.29. The Morgan fingerprint density at radius 3 is 2.64 bits per heavy atom. The molecule has 0 aromatic rings. The molecule has 4 aliphatic carbocycles. The lowest BCUT2D eigenvalue weighted by atomic mass is 9.47. The number of allylic oxidation sites excluding steroid dienone is 5. The molecule has 28 heavy (non-hydrogen) atoms. The van der Waals surface area contributed by atoms with Gasteiger partial charge in [-0.15, -0.1) is 0 Å². The van der Waals surface area contributed by atoms with E-state index in [-0.39, 0.29) is 17.9 Å².